The number of imide groups is 1. The van der Waals surface area contributed by atoms with E-state index < -0.39 is 45.3 Å². The van der Waals surface area contributed by atoms with Gasteiger partial charge in [-0.05, 0) is 47.4 Å². The molecule has 1 aliphatic heterocycles. The topological polar surface area (TPSA) is 75.7 Å². The lowest BCUT2D eigenvalue weighted by molar-refractivity contribution is -0.146. The van der Waals surface area contributed by atoms with Crippen molar-refractivity contribution in [1.29, 1.82) is 0 Å². The van der Waals surface area contributed by atoms with E-state index in [1.807, 2.05) is 48.5 Å². The van der Waals surface area contributed by atoms with Crippen LogP contribution in [0.1, 0.15) is 29.2 Å². The van der Waals surface area contributed by atoms with Crippen LogP contribution in [0.25, 0.3) is 0 Å². The molecule has 37 heavy (non-hydrogen) atoms. The number of nitrogens with one attached hydrogen (secondary N) is 1. The molecule has 9 heteroatoms. The van der Waals surface area contributed by atoms with Crippen molar-refractivity contribution in [2.24, 2.45) is 11.8 Å². The normalized spacial score (nSPS) is 27.9. The molecule has 1 saturated heterocycles. The van der Waals surface area contributed by atoms with E-state index in [1.165, 1.54) is 20.1 Å². The minimum atomic E-state index is -1.30. The molecule has 4 aliphatic rings. The Hall–Kier alpha value is -3.06. The number of carbonyl (C=O) groups is 3. The van der Waals surface area contributed by atoms with E-state index >= 15 is 0 Å². The molecule has 6 nitrogen and oxygen atoms in total. The van der Waals surface area contributed by atoms with E-state index in [9.17, 15) is 14.4 Å². The summed E-state index contributed by atoms with van der Waals surface area (Å²) in [7, 11) is 1.46. The second-order valence-electron chi connectivity index (χ2n) is 9.53. The summed E-state index contributed by atoms with van der Waals surface area (Å²) < 4.78 is 5.30. The lowest BCUT2D eigenvalue weighted by atomic mass is 9.54. The fourth-order valence-electron chi connectivity index (χ4n) is 6.20. The molecule has 0 saturated carbocycles. The lowest BCUT2D eigenvalue weighted by Gasteiger charge is -2.54. The Labute approximate surface area is 228 Å². The fourth-order valence-corrected chi connectivity index (χ4v) is 7.47. The quantitative estimate of drug-likeness (QED) is 0.352. The number of carbonyl (C=O) groups excluding carboxylic acids is 3. The molecule has 0 spiro atoms. The van der Waals surface area contributed by atoms with Crippen molar-refractivity contribution in [3.8, 4) is 5.75 Å². The zero-order valence-electron chi connectivity index (χ0n) is 19.8. The third-order valence-electron chi connectivity index (χ3n) is 7.81. The maximum atomic E-state index is 14.0. The Bertz CT molecular complexity index is 1380. The van der Waals surface area contributed by atoms with Crippen LogP contribution in [0.2, 0.25) is 5.02 Å². The highest BCUT2D eigenvalue weighted by atomic mass is 35.5. The highest BCUT2D eigenvalue weighted by Crippen LogP contribution is 2.69. The molecule has 3 aromatic rings. The maximum absolute atomic E-state index is 14.0. The second-order valence-corrected chi connectivity index (χ2v) is 11.2. The molecule has 3 aromatic carbocycles. The van der Waals surface area contributed by atoms with Crippen molar-refractivity contribution < 1.29 is 19.1 Å². The summed E-state index contributed by atoms with van der Waals surface area (Å²) >= 11 is 21.0. The summed E-state index contributed by atoms with van der Waals surface area (Å²) in [5.74, 6) is -3.18. The van der Waals surface area contributed by atoms with Crippen LogP contribution in [0, 0.1) is 11.8 Å². The van der Waals surface area contributed by atoms with Crippen LogP contribution in [0.5, 0.6) is 5.75 Å². The molecule has 1 N–H and O–H groups in total. The van der Waals surface area contributed by atoms with Gasteiger partial charge in [0.2, 0.25) is 17.7 Å². The smallest absolute Gasteiger partial charge is 0.247 e. The Morgan fingerprint density at radius 3 is 1.78 bits per heavy atom. The third kappa shape index (κ3) is 3.03. The average Bonchev–Trinajstić information content (AvgIpc) is 3.18. The standard InChI is InChI=1S/C28H21Cl3N2O4/c1-14(24(34)32-20-13-15(29)11-12-21(20)37-2)33-25(35)22-23(26(33)36)28(31)17-8-4-3-7-16(17)27(22,30)18-9-5-6-10-19(18)28/h3-14,22-23H,1-2H3,(H,32,34)/t14-,22-,23+,27?,28?/m0/s1. The van der Waals surface area contributed by atoms with Gasteiger partial charge in [-0.1, -0.05) is 60.1 Å². The largest absolute Gasteiger partial charge is 0.495 e. The van der Waals surface area contributed by atoms with Gasteiger partial charge in [0.15, 0.2) is 0 Å². The number of methoxy groups -OCH3 is 1. The van der Waals surface area contributed by atoms with Crippen molar-refractivity contribution in [3.63, 3.8) is 0 Å². The number of likely N-dealkylation sites (tertiary alicyclic amines) is 1. The average molecular weight is 556 g/mol. The first-order chi connectivity index (χ1) is 17.6. The van der Waals surface area contributed by atoms with Gasteiger partial charge in [0, 0.05) is 5.02 Å². The van der Waals surface area contributed by atoms with Crippen molar-refractivity contribution in [3.05, 3.63) is 94.0 Å². The summed E-state index contributed by atoms with van der Waals surface area (Å²) in [6, 6.07) is 18.4. The Morgan fingerprint density at radius 2 is 1.35 bits per heavy atom. The van der Waals surface area contributed by atoms with Gasteiger partial charge in [0.05, 0.1) is 24.6 Å². The van der Waals surface area contributed by atoms with Gasteiger partial charge in [-0.25, -0.2) is 0 Å². The molecular formula is C28H21Cl3N2O4. The van der Waals surface area contributed by atoms with E-state index in [0.717, 1.165) is 4.90 Å². The van der Waals surface area contributed by atoms with Crippen molar-refractivity contribution >= 4 is 58.2 Å². The van der Waals surface area contributed by atoms with Crippen LogP contribution >= 0.6 is 34.8 Å². The summed E-state index contributed by atoms with van der Waals surface area (Å²) in [4.78, 5) is 39.8. The maximum Gasteiger partial charge on any atom is 0.247 e. The highest BCUT2D eigenvalue weighted by molar-refractivity contribution is 6.36. The third-order valence-corrected chi connectivity index (χ3v) is 9.33. The predicted octanol–water partition coefficient (Wildman–Crippen LogP) is 5.27. The summed E-state index contributed by atoms with van der Waals surface area (Å²) in [6.07, 6.45) is 0. The summed E-state index contributed by atoms with van der Waals surface area (Å²) in [6.45, 7) is 1.50. The number of alkyl halides is 2. The Morgan fingerprint density at radius 1 is 0.892 bits per heavy atom. The van der Waals surface area contributed by atoms with Crippen molar-refractivity contribution in [2.75, 3.05) is 12.4 Å². The number of nitrogens with zero attached hydrogens (tertiary/aromatic N) is 1. The van der Waals surface area contributed by atoms with Gasteiger partial charge in [-0.15, -0.1) is 23.2 Å². The van der Waals surface area contributed by atoms with E-state index in [1.54, 1.807) is 12.1 Å². The fraction of sp³-hybridized carbons (Fsp3) is 0.250. The molecule has 3 atom stereocenters. The number of amides is 3. The first-order valence-electron chi connectivity index (χ1n) is 11.7. The second kappa shape index (κ2) is 8.22. The van der Waals surface area contributed by atoms with Crippen LogP contribution in [0.4, 0.5) is 5.69 Å². The van der Waals surface area contributed by atoms with Gasteiger partial charge < -0.3 is 10.1 Å². The molecule has 0 radical (unpaired) electrons. The van der Waals surface area contributed by atoms with Gasteiger partial charge >= 0.3 is 0 Å². The van der Waals surface area contributed by atoms with Crippen molar-refractivity contribution in [1.82, 2.24) is 4.90 Å². The van der Waals surface area contributed by atoms with Crippen LogP contribution in [0.15, 0.2) is 66.7 Å². The van der Waals surface area contributed by atoms with E-state index in [-0.39, 0.29) is 0 Å². The molecule has 2 bridgehead atoms. The van der Waals surface area contributed by atoms with Gasteiger partial charge in [0.1, 0.15) is 21.5 Å². The number of hydrogen-bond acceptors (Lipinski definition) is 4. The molecule has 188 valence electrons. The molecule has 0 unspecified atom stereocenters. The zero-order valence-corrected chi connectivity index (χ0v) is 22.1. The molecule has 1 heterocycles. The number of halogens is 3. The minimum absolute atomic E-state index is 0.325. The SMILES string of the molecule is COc1ccc(Cl)cc1NC(=O)[C@H](C)N1C(=O)[C@@H]2[C@H](C1=O)C1(Cl)c3ccccc3C2(Cl)c2ccccc21. The van der Waals surface area contributed by atoms with Gasteiger partial charge in [-0.3, -0.25) is 19.3 Å². The zero-order chi connectivity index (χ0) is 26.3. The number of anilines is 1. The van der Waals surface area contributed by atoms with Gasteiger partial charge in [0.25, 0.3) is 0 Å². The predicted molar refractivity (Wildman–Crippen MR) is 141 cm³/mol. The van der Waals surface area contributed by atoms with E-state index in [2.05, 4.69) is 5.32 Å². The molecular weight excluding hydrogens is 535 g/mol. The summed E-state index contributed by atoms with van der Waals surface area (Å²) in [5, 5.41) is 3.12. The van der Waals surface area contributed by atoms with Crippen LogP contribution in [-0.4, -0.2) is 35.8 Å². The number of ether oxygens (including phenoxy) is 1. The first kappa shape index (κ1) is 24.3. The summed E-state index contributed by atoms with van der Waals surface area (Å²) in [5.41, 5.74) is 3.14. The molecule has 0 aromatic heterocycles. The molecule has 1 fully saturated rings. The first-order valence-corrected chi connectivity index (χ1v) is 12.9. The minimum Gasteiger partial charge on any atom is -0.495 e. The Kier molecular flexibility index (Phi) is 5.40. The number of benzene rings is 3. The van der Waals surface area contributed by atoms with Crippen LogP contribution in [-0.2, 0) is 24.1 Å². The van der Waals surface area contributed by atoms with E-state index in [0.29, 0.717) is 38.7 Å². The van der Waals surface area contributed by atoms with E-state index in [4.69, 9.17) is 39.5 Å². The highest BCUT2D eigenvalue weighted by Gasteiger charge is 2.73. The number of rotatable bonds is 4. The van der Waals surface area contributed by atoms with Crippen LogP contribution < -0.4 is 10.1 Å². The van der Waals surface area contributed by atoms with Crippen molar-refractivity contribution in [2.45, 2.75) is 22.7 Å². The monoisotopic (exact) mass is 554 g/mol. The lowest BCUT2D eigenvalue weighted by Crippen LogP contribution is -2.57. The molecule has 3 aliphatic carbocycles. The van der Waals surface area contributed by atoms with Gasteiger partial charge in [-0.2, -0.15) is 0 Å². The molecule has 7 rings (SSSR count). The Balaban J connectivity index is 1.43. The number of hydrogen-bond donors (Lipinski definition) is 1. The molecule has 3 amide bonds. The van der Waals surface area contributed by atoms with Crippen LogP contribution in [0.3, 0.4) is 0 Å².